The first-order valence-corrected chi connectivity index (χ1v) is 10.9. The van der Waals surface area contributed by atoms with Gasteiger partial charge in [0.25, 0.3) is 0 Å². The fourth-order valence-corrected chi connectivity index (χ4v) is 3.57. The molecular formula is C22H35N5O2. The Morgan fingerprint density at radius 1 is 1.21 bits per heavy atom. The lowest BCUT2D eigenvalue weighted by Crippen LogP contribution is -2.43. The van der Waals surface area contributed by atoms with Crippen LogP contribution in [0.15, 0.2) is 29.3 Å². The second-order valence-corrected chi connectivity index (χ2v) is 7.79. The number of ether oxygens (including phenoxy) is 1. The Morgan fingerprint density at radius 3 is 2.66 bits per heavy atom. The van der Waals surface area contributed by atoms with Gasteiger partial charge in [0.2, 0.25) is 5.91 Å². The summed E-state index contributed by atoms with van der Waals surface area (Å²) in [6.45, 7) is 10.3. The first-order chi connectivity index (χ1) is 14.2. The van der Waals surface area contributed by atoms with Crippen molar-refractivity contribution in [2.75, 3.05) is 52.5 Å². The summed E-state index contributed by atoms with van der Waals surface area (Å²) in [6, 6.07) is 8.92. The van der Waals surface area contributed by atoms with Gasteiger partial charge in [0.1, 0.15) is 0 Å². The number of benzene rings is 1. The van der Waals surface area contributed by atoms with Gasteiger partial charge in [-0.1, -0.05) is 29.8 Å². The fourth-order valence-electron chi connectivity index (χ4n) is 3.57. The Balaban J connectivity index is 1.59. The first-order valence-electron chi connectivity index (χ1n) is 10.9. The SMILES string of the molecule is CCNC(=NCC(c1cccc(C)c1)N1CCOCC1)NCCNC(=O)C1CC1. The van der Waals surface area contributed by atoms with Crippen molar-refractivity contribution in [1.82, 2.24) is 20.9 Å². The molecule has 160 valence electrons. The molecule has 0 bridgehead atoms. The van der Waals surface area contributed by atoms with Crippen LogP contribution in [-0.4, -0.2) is 69.2 Å². The molecule has 0 spiro atoms. The minimum atomic E-state index is 0.181. The molecular weight excluding hydrogens is 366 g/mol. The van der Waals surface area contributed by atoms with E-state index < -0.39 is 0 Å². The monoisotopic (exact) mass is 401 g/mol. The standard InChI is InChI=1S/C22H35N5O2/c1-3-23-22(25-10-9-24-21(28)18-7-8-18)26-16-20(27-11-13-29-14-12-27)19-6-4-5-17(2)15-19/h4-6,15,18,20H,3,7-14,16H2,1-2H3,(H,24,28)(H2,23,25,26). The molecule has 1 aromatic rings. The number of aryl methyl sites for hydroxylation is 1. The van der Waals surface area contributed by atoms with Crippen LogP contribution in [-0.2, 0) is 9.53 Å². The van der Waals surface area contributed by atoms with E-state index in [0.29, 0.717) is 19.6 Å². The predicted octanol–water partition coefficient (Wildman–Crippen LogP) is 1.45. The summed E-state index contributed by atoms with van der Waals surface area (Å²) in [5, 5.41) is 9.63. The normalized spacial score (nSPS) is 18.9. The van der Waals surface area contributed by atoms with Crippen LogP contribution in [0.25, 0.3) is 0 Å². The van der Waals surface area contributed by atoms with Gasteiger partial charge in [-0.05, 0) is 32.3 Å². The van der Waals surface area contributed by atoms with Gasteiger partial charge < -0.3 is 20.7 Å². The first kappa shape index (κ1) is 21.6. The van der Waals surface area contributed by atoms with Gasteiger partial charge in [0, 0.05) is 38.6 Å². The van der Waals surface area contributed by atoms with E-state index in [1.54, 1.807) is 0 Å². The van der Waals surface area contributed by atoms with Crippen molar-refractivity contribution in [1.29, 1.82) is 0 Å². The maximum atomic E-state index is 11.7. The van der Waals surface area contributed by atoms with Crippen molar-refractivity contribution in [3.63, 3.8) is 0 Å². The maximum Gasteiger partial charge on any atom is 0.223 e. The lowest BCUT2D eigenvalue weighted by Gasteiger charge is -2.34. The number of guanidine groups is 1. The highest BCUT2D eigenvalue weighted by Crippen LogP contribution is 2.28. The molecule has 3 rings (SSSR count). The van der Waals surface area contributed by atoms with Crippen LogP contribution in [0.5, 0.6) is 0 Å². The van der Waals surface area contributed by atoms with Crippen LogP contribution in [0.4, 0.5) is 0 Å². The van der Waals surface area contributed by atoms with Crippen molar-refractivity contribution in [3.8, 4) is 0 Å². The Bertz CT molecular complexity index is 684. The topological polar surface area (TPSA) is 78.0 Å². The van der Waals surface area contributed by atoms with Gasteiger partial charge in [-0.15, -0.1) is 0 Å². The summed E-state index contributed by atoms with van der Waals surface area (Å²) in [5.41, 5.74) is 2.56. The minimum absolute atomic E-state index is 0.181. The summed E-state index contributed by atoms with van der Waals surface area (Å²) in [4.78, 5) is 19.1. The van der Waals surface area contributed by atoms with E-state index in [-0.39, 0.29) is 17.9 Å². The van der Waals surface area contributed by atoms with Crippen LogP contribution in [0, 0.1) is 12.8 Å². The van der Waals surface area contributed by atoms with Gasteiger partial charge in [-0.25, -0.2) is 0 Å². The smallest absolute Gasteiger partial charge is 0.223 e. The van der Waals surface area contributed by atoms with Crippen LogP contribution >= 0.6 is 0 Å². The lowest BCUT2D eigenvalue weighted by molar-refractivity contribution is -0.122. The number of rotatable bonds is 9. The minimum Gasteiger partial charge on any atom is -0.379 e. The molecule has 1 atom stereocenters. The zero-order valence-electron chi connectivity index (χ0n) is 17.7. The third-order valence-corrected chi connectivity index (χ3v) is 5.34. The molecule has 7 nitrogen and oxygen atoms in total. The van der Waals surface area contributed by atoms with Gasteiger partial charge in [0.15, 0.2) is 5.96 Å². The van der Waals surface area contributed by atoms with Crippen molar-refractivity contribution in [2.45, 2.75) is 32.7 Å². The zero-order chi connectivity index (χ0) is 20.5. The van der Waals surface area contributed by atoms with Crippen molar-refractivity contribution in [2.24, 2.45) is 10.9 Å². The molecule has 1 unspecified atom stereocenters. The second kappa shape index (κ2) is 11.2. The molecule has 3 N–H and O–H groups in total. The van der Waals surface area contributed by atoms with E-state index in [9.17, 15) is 4.79 Å². The summed E-state index contributed by atoms with van der Waals surface area (Å²) >= 11 is 0. The number of carbonyl (C=O) groups is 1. The molecule has 1 saturated carbocycles. The highest BCUT2D eigenvalue weighted by Gasteiger charge is 2.29. The second-order valence-electron chi connectivity index (χ2n) is 7.79. The number of nitrogens with one attached hydrogen (secondary N) is 3. The Morgan fingerprint density at radius 2 is 1.97 bits per heavy atom. The quantitative estimate of drug-likeness (QED) is 0.332. The molecule has 1 aliphatic carbocycles. The van der Waals surface area contributed by atoms with Crippen molar-refractivity contribution in [3.05, 3.63) is 35.4 Å². The summed E-state index contributed by atoms with van der Waals surface area (Å²) in [7, 11) is 0. The van der Waals surface area contributed by atoms with E-state index in [0.717, 1.165) is 51.6 Å². The highest BCUT2D eigenvalue weighted by atomic mass is 16.5. The zero-order valence-corrected chi connectivity index (χ0v) is 17.7. The molecule has 2 fully saturated rings. The summed E-state index contributed by atoms with van der Waals surface area (Å²) < 4.78 is 5.54. The van der Waals surface area contributed by atoms with Crippen molar-refractivity contribution < 1.29 is 9.53 Å². The summed E-state index contributed by atoms with van der Waals surface area (Å²) in [6.07, 6.45) is 2.07. The van der Waals surface area contributed by atoms with E-state index >= 15 is 0 Å². The van der Waals surface area contributed by atoms with Crippen LogP contribution < -0.4 is 16.0 Å². The van der Waals surface area contributed by atoms with Gasteiger partial charge in [-0.2, -0.15) is 0 Å². The Kier molecular flexibility index (Phi) is 8.31. The molecule has 7 heteroatoms. The number of nitrogens with zero attached hydrogens (tertiary/aromatic N) is 2. The molecule has 1 heterocycles. The van der Waals surface area contributed by atoms with Crippen LogP contribution in [0.1, 0.15) is 36.9 Å². The van der Waals surface area contributed by atoms with Crippen LogP contribution in [0.2, 0.25) is 0 Å². The molecule has 29 heavy (non-hydrogen) atoms. The summed E-state index contributed by atoms with van der Waals surface area (Å²) in [5.74, 6) is 1.22. The van der Waals surface area contributed by atoms with E-state index in [1.165, 1.54) is 11.1 Å². The third-order valence-electron chi connectivity index (χ3n) is 5.34. The molecule has 1 amide bonds. The highest BCUT2D eigenvalue weighted by molar-refractivity contribution is 5.81. The number of amides is 1. The van der Waals surface area contributed by atoms with Crippen LogP contribution in [0.3, 0.4) is 0 Å². The number of hydrogen-bond donors (Lipinski definition) is 3. The van der Waals surface area contributed by atoms with Crippen molar-refractivity contribution >= 4 is 11.9 Å². The largest absolute Gasteiger partial charge is 0.379 e. The third kappa shape index (κ3) is 7.01. The number of morpholine rings is 1. The van der Waals surface area contributed by atoms with Gasteiger partial charge >= 0.3 is 0 Å². The fraction of sp³-hybridized carbons (Fsp3) is 0.636. The molecule has 1 aromatic carbocycles. The number of hydrogen-bond acceptors (Lipinski definition) is 4. The molecule has 1 saturated heterocycles. The number of carbonyl (C=O) groups excluding carboxylic acids is 1. The predicted molar refractivity (Wildman–Crippen MR) is 116 cm³/mol. The molecule has 0 radical (unpaired) electrons. The number of aliphatic imine (C=N–C) groups is 1. The van der Waals surface area contributed by atoms with Gasteiger partial charge in [-0.3, -0.25) is 14.7 Å². The molecule has 1 aliphatic heterocycles. The Labute approximate surface area is 174 Å². The maximum absolute atomic E-state index is 11.7. The molecule has 0 aromatic heterocycles. The Hall–Kier alpha value is -2.12. The average Bonchev–Trinajstić information content (AvgIpc) is 3.57. The van der Waals surface area contributed by atoms with Gasteiger partial charge in [0.05, 0.1) is 25.8 Å². The molecule has 2 aliphatic rings. The average molecular weight is 402 g/mol. The van der Waals surface area contributed by atoms with E-state index in [2.05, 4.69) is 59.0 Å². The van der Waals surface area contributed by atoms with E-state index in [1.807, 2.05) is 0 Å². The van der Waals surface area contributed by atoms with E-state index in [4.69, 9.17) is 9.73 Å². The lowest BCUT2D eigenvalue weighted by atomic mass is 10.0.